The summed E-state index contributed by atoms with van der Waals surface area (Å²) < 4.78 is 26.6. The maximum atomic E-state index is 11.8. The largest absolute Gasteiger partial charge is 0.463 e. The fourth-order valence-corrected chi connectivity index (χ4v) is 3.75. The van der Waals surface area contributed by atoms with E-state index in [1.807, 2.05) is 0 Å². The molecule has 0 heterocycles. The van der Waals surface area contributed by atoms with Crippen LogP contribution < -0.4 is 0 Å². The van der Waals surface area contributed by atoms with E-state index in [1.165, 1.54) is 83.5 Å². The highest BCUT2D eigenvalue weighted by atomic mass is 16.6. The van der Waals surface area contributed by atoms with Gasteiger partial charge in [0.25, 0.3) is 0 Å². The van der Waals surface area contributed by atoms with Crippen molar-refractivity contribution in [1.82, 2.24) is 0 Å². The lowest BCUT2D eigenvalue weighted by Crippen LogP contribution is -2.14. The molecule has 0 saturated carbocycles. The Bertz CT molecular complexity index is 429. The SMILES string of the molecule is C=CCOCCOCCOCCOCCOC(=O)CCCCCCCCCCCCCCCCC. The molecule has 0 amide bonds. The third-order valence-corrected chi connectivity index (χ3v) is 5.83. The van der Waals surface area contributed by atoms with Crippen LogP contribution in [0.1, 0.15) is 110 Å². The summed E-state index contributed by atoms with van der Waals surface area (Å²) in [7, 11) is 0. The van der Waals surface area contributed by atoms with Gasteiger partial charge in [-0.1, -0.05) is 103 Å². The molecule has 0 saturated heterocycles. The summed E-state index contributed by atoms with van der Waals surface area (Å²) in [6, 6.07) is 0. The zero-order valence-corrected chi connectivity index (χ0v) is 22.9. The minimum atomic E-state index is -0.117. The Morgan fingerprint density at radius 1 is 0.543 bits per heavy atom. The maximum absolute atomic E-state index is 11.8. The smallest absolute Gasteiger partial charge is 0.305 e. The van der Waals surface area contributed by atoms with E-state index in [1.54, 1.807) is 6.08 Å². The van der Waals surface area contributed by atoms with Crippen molar-refractivity contribution in [2.75, 3.05) is 59.5 Å². The second-order valence-corrected chi connectivity index (χ2v) is 9.12. The lowest BCUT2D eigenvalue weighted by Gasteiger charge is -2.08. The molecule has 0 N–H and O–H groups in total. The second-order valence-electron chi connectivity index (χ2n) is 9.12. The van der Waals surface area contributed by atoms with E-state index in [0.29, 0.717) is 65.9 Å². The Morgan fingerprint density at radius 2 is 0.914 bits per heavy atom. The van der Waals surface area contributed by atoms with Crippen LogP contribution in [0.25, 0.3) is 0 Å². The Balaban J connectivity index is 3.14. The van der Waals surface area contributed by atoms with Crippen molar-refractivity contribution >= 4 is 5.97 Å². The lowest BCUT2D eigenvalue weighted by atomic mass is 10.0. The second kappa shape index (κ2) is 31.1. The standard InChI is InChI=1S/C29H56O6/c1-3-5-6-7-8-9-10-11-12-13-14-15-16-17-18-19-29(30)35-28-27-34-26-25-33-24-23-32-22-21-31-20-4-2/h4H,2-3,5-28H2,1H3. The molecule has 208 valence electrons. The average Bonchev–Trinajstić information content (AvgIpc) is 2.86. The summed E-state index contributed by atoms with van der Waals surface area (Å²) in [4.78, 5) is 11.8. The van der Waals surface area contributed by atoms with Crippen LogP contribution in [0, 0.1) is 0 Å². The van der Waals surface area contributed by atoms with Gasteiger partial charge in [0, 0.05) is 6.42 Å². The van der Waals surface area contributed by atoms with Gasteiger partial charge in [0.1, 0.15) is 6.61 Å². The first-order chi connectivity index (χ1) is 17.3. The number of hydrogen-bond donors (Lipinski definition) is 0. The van der Waals surface area contributed by atoms with Gasteiger partial charge in [0.2, 0.25) is 0 Å². The predicted octanol–water partition coefficient (Wildman–Crippen LogP) is 7.04. The van der Waals surface area contributed by atoms with Crippen molar-refractivity contribution in [3.63, 3.8) is 0 Å². The molecule has 0 spiro atoms. The van der Waals surface area contributed by atoms with Gasteiger partial charge < -0.3 is 23.7 Å². The van der Waals surface area contributed by atoms with Crippen molar-refractivity contribution in [3.05, 3.63) is 12.7 Å². The normalized spacial score (nSPS) is 11.1. The first-order valence-corrected chi connectivity index (χ1v) is 14.4. The van der Waals surface area contributed by atoms with E-state index in [4.69, 9.17) is 23.7 Å². The predicted molar refractivity (Wildman–Crippen MR) is 144 cm³/mol. The van der Waals surface area contributed by atoms with Crippen LogP contribution in [0.5, 0.6) is 0 Å². The monoisotopic (exact) mass is 500 g/mol. The highest BCUT2D eigenvalue weighted by molar-refractivity contribution is 5.69. The van der Waals surface area contributed by atoms with Crippen molar-refractivity contribution in [1.29, 1.82) is 0 Å². The Kier molecular flexibility index (Phi) is 30.2. The third-order valence-electron chi connectivity index (χ3n) is 5.83. The minimum Gasteiger partial charge on any atom is -0.463 e. The molecule has 0 atom stereocenters. The summed E-state index contributed by atoms with van der Waals surface area (Å²) in [5.74, 6) is -0.117. The van der Waals surface area contributed by atoms with E-state index in [0.717, 1.165) is 12.8 Å². The maximum Gasteiger partial charge on any atom is 0.305 e. The Hall–Kier alpha value is -0.950. The summed E-state index contributed by atoms with van der Waals surface area (Å²) in [6.45, 7) is 10.3. The summed E-state index contributed by atoms with van der Waals surface area (Å²) in [5, 5.41) is 0. The van der Waals surface area contributed by atoms with Crippen LogP contribution in [0.3, 0.4) is 0 Å². The van der Waals surface area contributed by atoms with E-state index < -0.39 is 0 Å². The Morgan fingerprint density at radius 3 is 1.34 bits per heavy atom. The number of carbonyl (C=O) groups is 1. The van der Waals surface area contributed by atoms with E-state index in [-0.39, 0.29) is 5.97 Å². The van der Waals surface area contributed by atoms with Gasteiger partial charge >= 0.3 is 5.97 Å². The van der Waals surface area contributed by atoms with Crippen LogP contribution in [-0.2, 0) is 28.5 Å². The van der Waals surface area contributed by atoms with Gasteiger partial charge in [-0.2, -0.15) is 0 Å². The van der Waals surface area contributed by atoms with Crippen LogP contribution in [0.15, 0.2) is 12.7 Å². The molecule has 0 aromatic heterocycles. The summed E-state index contributed by atoms with van der Waals surface area (Å²) in [6.07, 6.45) is 22.1. The highest BCUT2D eigenvalue weighted by Crippen LogP contribution is 2.13. The zero-order chi connectivity index (χ0) is 25.5. The molecule has 0 rings (SSSR count). The fraction of sp³-hybridized carbons (Fsp3) is 0.897. The van der Waals surface area contributed by atoms with Crippen LogP contribution in [0.2, 0.25) is 0 Å². The quantitative estimate of drug-likeness (QED) is 0.0598. The number of esters is 1. The van der Waals surface area contributed by atoms with Crippen LogP contribution >= 0.6 is 0 Å². The fourth-order valence-electron chi connectivity index (χ4n) is 3.75. The molecular weight excluding hydrogens is 444 g/mol. The molecule has 35 heavy (non-hydrogen) atoms. The van der Waals surface area contributed by atoms with Crippen molar-refractivity contribution in [3.8, 4) is 0 Å². The van der Waals surface area contributed by atoms with Gasteiger partial charge in [-0.25, -0.2) is 0 Å². The first-order valence-electron chi connectivity index (χ1n) is 14.4. The molecule has 0 aromatic carbocycles. The van der Waals surface area contributed by atoms with Crippen molar-refractivity contribution < 1.29 is 28.5 Å². The van der Waals surface area contributed by atoms with Crippen molar-refractivity contribution in [2.45, 2.75) is 110 Å². The van der Waals surface area contributed by atoms with Crippen molar-refractivity contribution in [2.24, 2.45) is 0 Å². The highest BCUT2D eigenvalue weighted by Gasteiger charge is 2.02. The number of unbranched alkanes of at least 4 members (excludes halogenated alkanes) is 14. The first kappa shape index (κ1) is 34.0. The topological polar surface area (TPSA) is 63.2 Å². The molecule has 6 nitrogen and oxygen atoms in total. The molecule has 0 bridgehead atoms. The van der Waals surface area contributed by atoms with Crippen LogP contribution in [0.4, 0.5) is 0 Å². The average molecular weight is 501 g/mol. The molecule has 0 aliphatic heterocycles. The Labute approximate surface area is 216 Å². The van der Waals surface area contributed by atoms with Gasteiger partial charge in [-0.3, -0.25) is 4.79 Å². The number of carbonyl (C=O) groups excluding carboxylic acids is 1. The van der Waals surface area contributed by atoms with Gasteiger partial charge in [0.15, 0.2) is 0 Å². The molecule has 0 aliphatic carbocycles. The van der Waals surface area contributed by atoms with Gasteiger partial charge in [0.05, 0.1) is 52.9 Å². The van der Waals surface area contributed by atoms with Gasteiger partial charge in [-0.05, 0) is 6.42 Å². The molecule has 0 aliphatic rings. The lowest BCUT2D eigenvalue weighted by molar-refractivity contribution is -0.145. The number of rotatable bonds is 30. The summed E-state index contributed by atoms with van der Waals surface area (Å²) in [5.41, 5.74) is 0. The molecule has 6 heteroatoms. The molecule has 0 fully saturated rings. The van der Waals surface area contributed by atoms with Gasteiger partial charge in [-0.15, -0.1) is 6.58 Å². The molecule has 0 radical (unpaired) electrons. The third kappa shape index (κ3) is 31.0. The van der Waals surface area contributed by atoms with Crippen LogP contribution in [-0.4, -0.2) is 65.4 Å². The van der Waals surface area contributed by atoms with E-state index >= 15 is 0 Å². The summed E-state index contributed by atoms with van der Waals surface area (Å²) >= 11 is 0. The number of ether oxygens (including phenoxy) is 5. The minimum absolute atomic E-state index is 0.117. The van der Waals surface area contributed by atoms with E-state index in [2.05, 4.69) is 13.5 Å². The van der Waals surface area contributed by atoms with E-state index in [9.17, 15) is 4.79 Å². The molecule has 0 unspecified atom stereocenters. The molecular formula is C29H56O6. The molecule has 0 aromatic rings. The number of hydrogen-bond acceptors (Lipinski definition) is 6. The zero-order valence-electron chi connectivity index (χ0n) is 22.9.